The molecule has 0 bridgehead atoms. The highest BCUT2D eigenvalue weighted by molar-refractivity contribution is 5.76. The molecule has 0 saturated carbocycles. The Bertz CT molecular complexity index is 697. The summed E-state index contributed by atoms with van der Waals surface area (Å²) >= 11 is 0. The number of rotatable bonds is 7. The van der Waals surface area contributed by atoms with Crippen LogP contribution in [0.4, 0.5) is 0 Å². The average molecular weight is 306 g/mol. The molecule has 0 aliphatic rings. The van der Waals surface area contributed by atoms with E-state index in [1.54, 1.807) is 18.2 Å². The van der Waals surface area contributed by atoms with Gasteiger partial charge in [0.05, 0.1) is 11.1 Å². The van der Waals surface area contributed by atoms with E-state index in [0.29, 0.717) is 23.9 Å². The molecule has 2 rings (SSSR count). The lowest BCUT2D eigenvalue weighted by atomic mass is 9.97. The van der Waals surface area contributed by atoms with Crippen molar-refractivity contribution in [3.05, 3.63) is 34.8 Å². The van der Waals surface area contributed by atoms with Gasteiger partial charge in [0, 0.05) is 19.5 Å². The minimum Gasteiger partial charge on any atom is -0.408 e. The Morgan fingerprint density at radius 2 is 2.00 bits per heavy atom. The first kappa shape index (κ1) is 16.3. The Hall–Kier alpha value is -2.08. The van der Waals surface area contributed by atoms with Crippen LogP contribution < -0.4 is 11.1 Å². The normalized spacial score (nSPS) is 11.8. The number of nitrogens with one attached hydrogen (secondary N) is 1. The molecule has 1 amide bonds. The van der Waals surface area contributed by atoms with E-state index in [-0.39, 0.29) is 25.4 Å². The van der Waals surface area contributed by atoms with E-state index in [1.807, 2.05) is 19.9 Å². The molecule has 0 aliphatic carbocycles. The quantitative estimate of drug-likeness (QED) is 0.814. The second kappa shape index (κ2) is 6.79. The van der Waals surface area contributed by atoms with Crippen molar-refractivity contribution >= 4 is 17.0 Å². The lowest BCUT2D eigenvalue weighted by Crippen LogP contribution is -2.42. The smallest absolute Gasteiger partial charge is 0.408 e. The Morgan fingerprint density at radius 1 is 1.32 bits per heavy atom. The molecule has 22 heavy (non-hydrogen) atoms. The summed E-state index contributed by atoms with van der Waals surface area (Å²) in [6.07, 6.45) is 1.32. The van der Waals surface area contributed by atoms with E-state index in [9.17, 15) is 14.7 Å². The van der Waals surface area contributed by atoms with Gasteiger partial charge in [0.15, 0.2) is 5.58 Å². The fourth-order valence-corrected chi connectivity index (χ4v) is 2.29. The van der Waals surface area contributed by atoms with Crippen LogP contribution in [-0.2, 0) is 11.3 Å². The summed E-state index contributed by atoms with van der Waals surface area (Å²) < 4.78 is 6.56. The fourth-order valence-electron chi connectivity index (χ4n) is 2.29. The van der Waals surface area contributed by atoms with E-state index in [0.717, 1.165) is 0 Å². The van der Waals surface area contributed by atoms with Crippen LogP contribution in [0.3, 0.4) is 0 Å². The SMILES string of the molecule is CCC(O)(CC)CNC(=O)CCn1c(=O)oc2ccccc21. The molecule has 0 radical (unpaired) electrons. The number of carbonyl (C=O) groups is 1. The van der Waals surface area contributed by atoms with Crippen LogP contribution in [0, 0.1) is 0 Å². The van der Waals surface area contributed by atoms with Crippen LogP contribution in [0.5, 0.6) is 0 Å². The molecular formula is C16H22N2O4. The van der Waals surface area contributed by atoms with Crippen molar-refractivity contribution in [2.45, 2.75) is 45.3 Å². The molecule has 0 atom stereocenters. The molecule has 1 aromatic carbocycles. The number of amides is 1. The minimum atomic E-state index is -0.866. The van der Waals surface area contributed by atoms with Crippen molar-refractivity contribution in [2.75, 3.05) is 6.54 Å². The molecular weight excluding hydrogens is 284 g/mol. The molecule has 1 aromatic heterocycles. The number of aromatic nitrogens is 1. The van der Waals surface area contributed by atoms with Crippen molar-refractivity contribution in [1.29, 1.82) is 0 Å². The highest BCUT2D eigenvalue weighted by Gasteiger charge is 2.22. The molecule has 0 aliphatic heterocycles. The lowest BCUT2D eigenvalue weighted by molar-refractivity contribution is -0.122. The number of nitrogens with zero attached hydrogens (tertiary/aromatic N) is 1. The topological polar surface area (TPSA) is 84.5 Å². The number of fused-ring (bicyclic) bond motifs is 1. The maximum atomic E-state index is 11.9. The first-order valence-corrected chi connectivity index (χ1v) is 7.56. The number of hydrogen-bond donors (Lipinski definition) is 2. The summed E-state index contributed by atoms with van der Waals surface area (Å²) in [6.45, 7) is 4.23. The molecule has 2 aromatic rings. The Kier molecular flexibility index (Phi) is 5.03. The summed E-state index contributed by atoms with van der Waals surface area (Å²) in [5.41, 5.74) is 0.327. The predicted molar refractivity (Wildman–Crippen MR) is 83.6 cm³/mol. The van der Waals surface area contributed by atoms with Gasteiger partial charge >= 0.3 is 5.76 Å². The Balaban J connectivity index is 1.96. The third-order valence-electron chi connectivity index (χ3n) is 4.07. The first-order valence-electron chi connectivity index (χ1n) is 7.56. The average Bonchev–Trinajstić information content (AvgIpc) is 2.86. The molecule has 0 spiro atoms. The van der Waals surface area contributed by atoms with Crippen molar-refractivity contribution in [2.24, 2.45) is 0 Å². The largest absolute Gasteiger partial charge is 0.419 e. The van der Waals surface area contributed by atoms with Gasteiger partial charge in [0.1, 0.15) is 0 Å². The second-order valence-corrected chi connectivity index (χ2v) is 5.45. The number of para-hydroxylation sites is 2. The molecule has 2 N–H and O–H groups in total. The summed E-state index contributed by atoms with van der Waals surface area (Å²) in [4.78, 5) is 23.7. The number of oxazole rings is 1. The monoisotopic (exact) mass is 306 g/mol. The number of aryl methyl sites for hydroxylation is 1. The number of hydrogen-bond acceptors (Lipinski definition) is 4. The van der Waals surface area contributed by atoms with E-state index in [4.69, 9.17) is 4.42 Å². The van der Waals surface area contributed by atoms with Gasteiger partial charge in [-0.3, -0.25) is 9.36 Å². The van der Waals surface area contributed by atoms with E-state index >= 15 is 0 Å². The third kappa shape index (κ3) is 3.57. The van der Waals surface area contributed by atoms with Gasteiger partial charge in [-0.2, -0.15) is 0 Å². The van der Waals surface area contributed by atoms with E-state index < -0.39 is 11.4 Å². The predicted octanol–water partition coefficient (Wildman–Crippen LogP) is 1.65. The van der Waals surface area contributed by atoms with Crippen LogP contribution in [0.15, 0.2) is 33.5 Å². The van der Waals surface area contributed by atoms with E-state index in [1.165, 1.54) is 4.57 Å². The third-order valence-corrected chi connectivity index (χ3v) is 4.07. The Labute approximate surface area is 128 Å². The zero-order valence-corrected chi connectivity index (χ0v) is 13.0. The minimum absolute atomic E-state index is 0.160. The standard InChI is InChI=1S/C16H22N2O4/c1-3-16(21,4-2)11-17-14(19)9-10-18-12-7-5-6-8-13(12)22-15(18)20/h5-8,21H,3-4,9-11H2,1-2H3,(H,17,19). The maximum absolute atomic E-state index is 11.9. The van der Waals surface area contributed by atoms with Gasteiger partial charge in [-0.25, -0.2) is 4.79 Å². The highest BCUT2D eigenvalue weighted by Crippen LogP contribution is 2.13. The summed E-state index contributed by atoms with van der Waals surface area (Å²) in [6, 6.07) is 7.11. The molecule has 120 valence electrons. The molecule has 0 unspecified atom stereocenters. The van der Waals surface area contributed by atoms with Gasteiger partial charge in [0.2, 0.25) is 5.91 Å². The zero-order valence-electron chi connectivity index (χ0n) is 13.0. The molecule has 6 heteroatoms. The number of carbonyl (C=O) groups excluding carboxylic acids is 1. The molecule has 0 fully saturated rings. The Morgan fingerprint density at radius 3 is 2.68 bits per heavy atom. The molecule has 6 nitrogen and oxygen atoms in total. The second-order valence-electron chi connectivity index (χ2n) is 5.45. The number of benzene rings is 1. The van der Waals surface area contributed by atoms with Gasteiger partial charge in [-0.05, 0) is 25.0 Å². The van der Waals surface area contributed by atoms with Crippen molar-refractivity contribution in [3.63, 3.8) is 0 Å². The molecule has 1 heterocycles. The molecule has 0 saturated heterocycles. The van der Waals surface area contributed by atoms with Gasteiger partial charge in [0.25, 0.3) is 0 Å². The van der Waals surface area contributed by atoms with Gasteiger partial charge in [-0.15, -0.1) is 0 Å². The van der Waals surface area contributed by atoms with Crippen LogP contribution in [0.2, 0.25) is 0 Å². The van der Waals surface area contributed by atoms with Crippen LogP contribution in [0.1, 0.15) is 33.1 Å². The summed E-state index contributed by atoms with van der Waals surface area (Å²) in [5.74, 6) is -0.662. The van der Waals surface area contributed by atoms with Crippen LogP contribution in [-0.4, -0.2) is 27.7 Å². The summed E-state index contributed by atoms with van der Waals surface area (Å²) in [5, 5.41) is 12.9. The fraction of sp³-hybridized carbons (Fsp3) is 0.500. The van der Waals surface area contributed by atoms with Gasteiger partial charge < -0.3 is 14.8 Å². The summed E-state index contributed by atoms with van der Waals surface area (Å²) in [7, 11) is 0. The lowest BCUT2D eigenvalue weighted by Gasteiger charge is -2.25. The van der Waals surface area contributed by atoms with Crippen molar-refractivity contribution in [1.82, 2.24) is 9.88 Å². The van der Waals surface area contributed by atoms with E-state index in [2.05, 4.69) is 5.32 Å². The van der Waals surface area contributed by atoms with Crippen molar-refractivity contribution < 1.29 is 14.3 Å². The van der Waals surface area contributed by atoms with Gasteiger partial charge in [-0.1, -0.05) is 26.0 Å². The van der Waals surface area contributed by atoms with Crippen molar-refractivity contribution in [3.8, 4) is 0 Å². The maximum Gasteiger partial charge on any atom is 0.419 e. The highest BCUT2D eigenvalue weighted by atomic mass is 16.4. The first-order chi connectivity index (χ1) is 10.5. The van der Waals surface area contributed by atoms with Crippen LogP contribution >= 0.6 is 0 Å². The number of aliphatic hydroxyl groups is 1. The zero-order chi connectivity index (χ0) is 16.2. The van der Waals surface area contributed by atoms with Crippen LogP contribution in [0.25, 0.3) is 11.1 Å².